The third-order valence-corrected chi connectivity index (χ3v) is 3.33. The first-order valence-electron chi connectivity index (χ1n) is 5.04. The van der Waals surface area contributed by atoms with Gasteiger partial charge in [-0.05, 0) is 25.7 Å². The molecule has 0 aromatic heterocycles. The molecule has 3 heteroatoms. The van der Waals surface area contributed by atoms with E-state index in [1.165, 1.54) is 0 Å². The molecule has 2 rings (SSSR count). The summed E-state index contributed by atoms with van der Waals surface area (Å²) < 4.78 is 10.9. The second kappa shape index (κ2) is 2.94. The Morgan fingerprint density at radius 1 is 1.31 bits per heavy atom. The minimum atomic E-state index is -0.432. The minimum absolute atomic E-state index is 0.418. The van der Waals surface area contributed by atoms with Crippen LogP contribution in [0.25, 0.3) is 0 Å². The second-order valence-corrected chi connectivity index (χ2v) is 4.54. The first-order valence-corrected chi connectivity index (χ1v) is 5.04. The maximum Gasteiger partial charge on any atom is 0.165 e. The molecule has 3 nitrogen and oxygen atoms in total. The van der Waals surface area contributed by atoms with E-state index in [1.54, 1.807) is 0 Å². The lowest BCUT2D eigenvalue weighted by molar-refractivity contribution is -0.152. The van der Waals surface area contributed by atoms with Crippen LogP contribution in [0, 0.1) is 5.92 Å². The highest BCUT2D eigenvalue weighted by molar-refractivity contribution is 5.01. The van der Waals surface area contributed by atoms with E-state index in [4.69, 9.17) is 9.47 Å². The molecule has 0 bridgehead atoms. The van der Waals surface area contributed by atoms with Gasteiger partial charge < -0.3 is 14.6 Å². The van der Waals surface area contributed by atoms with Gasteiger partial charge in [0.05, 0.1) is 18.8 Å². The molecule has 0 aromatic carbocycles. The molecule has 0 spiro atoms. The van der Waals surface area contributed by atoms with Crippen LogP contribution in [0.2, 0.25) is 0 Å². The zero-order chi connectivity index (χ0) is 9.53. The van der Waals surface area contributed by atoms with Crippen molar-refractivity contribution in [3.05, 3.63) is 0 Å². The Kier molecular flexibility index (Phi) is 2.13. The Morgan fingerprint density at radius 3 is 2.31 bits per heavy atom. The predicted molar refractivity (Wildman–Crippen MR) is 48.3 cm³/mol. The average molecular weight is 186 g/mol. The summed E-state index contributed by atoms with van der Waals surface area (Å²) in [7, 11) is 0. The normalized spacial score (nSPS) is 42.2. The Hall–Kier alpha value is -0.120. The van der Waals surface area contributed by atoms with Gasteiger partial charge in [-0.2, -0.15) is 0 Å². The highest BCUT2D eigenvalue weighted by atomic mass is 16.7. The summed E-state index contributed by atoms with van der Waals surface area (Å²) in [5.74, 6) is 0.0235. The molecule has 1 heterocycles. The number of hydrogen-bond donors (Lipinski definition) is 1. The van der Waals surface area contributed by atoms with Crippen LogP contribution in [0.5, 0.6) is 0 Å². The van der Waals surface area contributed by atoms with E-state index in [0.717, 1.165) is 19.3 Å². The van der Waals surface area contributed by atoms with E-state index in [2.05, 4.69) is 6.92 Å². The van der Waals surface area contributed by atoms with Gasteiger partial charge in [0.25, 0.3) is 0 Å². The highest BCUT2D eigenvalue weighted by Gasteiger charge is 2.50. The molecule has 2 atom stereocenters. The lowest BCUT2D eigenvalue weighted by Gasteiger charge is -2.23. The fourth-order valence-corrected chi connectivity index (χ4v) is 1.96. The van der Waals surface area contributed by atoms with Crippen LogP contribution in [-0.4, -0.2) is 29.7 Å². The summed E-state index contributed by atoms with van der Waals surface area (Å²) in [6, 6.07) is 0. The molecular formula is C10H18O3. The third-order valence-electron chi connectivity index (χ3n) is 3.33. The van der Waals surface area contributed by atoms with Crippen molar-refractivity contribution in [3.63, 3.8) is 0 Å². The maximum atomic E-state index is 9.86. The Morgan fingerprint density at radius 2 is 1.85 bits per heavy atom. The monoisotopic (exact) mass is 186 g/mol. The zero-order valence-electron chi connectivity index (χ0n) is 8.38. The van der Waals surface area contributed by atoms with Crippen molar-refractivity contribution in [1.29, 1.82) is 0 Å². The van der Waals surface area contributed by atoms with Gasteiger partial charge in [0.15, 0.2) is 5.79 Å². The van der Waals surface area contributed by atoms with Gasteiger partial charge in [-0.1, -0.05) is 6.92 Å². The first-order chi connectivity index (χ1) is 6.04. The van der Waals surface area contributed by atoms with Crippen molar-refractivity contribution in [3.8, 4) is 0 Å². The third kappa shape index (κ3) is 1.87. The quantitative estimate of drug-likeness (QED) is 0.722. The molecule has 1 aliphatic heterocycles. The van der Waals surface area contributed by atoms with Gasteiger partial charge in [-0.3, -0.25) is 0 Å². The SMILES string of the molecule is C[C@H]1C[C@]1(O)CCC1(C)OCCO1. The van der Waals surface area contributed by atoms with E-state index in [-0.39, 0.29) is 0 Å². The van der Waals surface area contributed by atoms with Crippen molar-refractivity contribution < 1.29 is 14.6 Å². The van der Waals surface area contributed by atoms with E-state index in [0.29, 0.717) is 19.1 Å². The fraction of sp³-hybridized carbons (Fsp3) is 1.00. The predicted octanol–water partition coefficient (Wildman–Crippen LogP) is 1.30. The van der Waals surface area contributed by atoms with Crippen LogP contribution in [0.4, 0.5) is 0 Å². The average Bonchev–Trinajstić information content (AvgIpc) is 2.47. The van der Waals surface area contributed by atoms with Crippen LogP contribution in [0.3, 0.4) is 0 Å². The van der Waals surface area contributed by atoms with Crippen LogP contribution in [0.15, 0.2) is 0 Å². The molecule has 1 saturated heterocycles. The summed E-state index contributed by atoms with van der Waals surface area (Å²) in [6.07, 6.45) is 2.53. The molecule has 76 valence electrons. The number of hydrogen-bond acceptors (Lipinski definition) is 3. The summed E-state index contributed by atoms with van der Waals surface area (Å²) in [5.41, 5.74) is -0.418. The molecule has 1 aliphatic carbocycles. The largest absolute Gasteiger partial charge is 0.390 e. The topological polar surface area (TPSA) is 38.7 Å². The smallest absolute Gasteiger partial charge is 0.165 e. The van der Waals surface area contributed by atoms with Gasteiger partial charge in [-0.25, -0.2) is 0 Å². The molecule has 2 aliphatic rings. The molecule has 0 radical (unpaired) electrons. The Balaban J connectivity index is 1.79. The lowest BCUT2D eigenvalue weighted by Crippen LogP contribution is -2.28. The van der Waals surface area contributed by atoms with Crippen molar-refractivity contribution >= 4 is 0 Å². The molecule has 0 unspecified atom stereocenters. The number of aliphatic hydroxyl groups is 1. The molecule has 2 fully saturated rings. The Labute approximate surface area is 79.0 Å². The van der Waals surface area contributed by atoms with E-state index < -0.39 is 11.4 Å². The van der Waals surface area contributed by atoms with Crippen LogP contribution in [-0.2, 0) is 9.47 Å². The van der Waals surface area contributed by atoms with E-state index in [1.807, 2.05) is 6.92 Å². The Bertz CT molecular complexity index is 198. The fourth-order valence-electron chi connectivity index (χ4n) is 1.96. The van der Waals surface area contributed by atoms with Gasteiger partial charge in [0.2, 0.25) is 0 Å². The number of ether oxygens (including phenoxy) is 2. The van der Waals surface area contributed by atoms with Gasteiger partial charge in [0, 0.05) is 6.42 Å². The zero-order valence-corrected chi connectivity index (χ0v) is 8.38. The molecule has 1 saturated carbocycles. The maximum absolute atomic E-state index is 9.86. The second-order valence-electron chi connectivity index (χ2n) is 4.54. The number of rotatable bonds is 3. The summed E-state index contributed by atoms with van der Waals surface area (Å²) >= 11 is 0. The van der Waals surface area contributed by atoms with Crippen molar-refractivity contribution in [1.82, 2.24) is 0 Å². The van der Waals surface area contributed by atoms with Crippen LogP contribution in [0.1, 0.15) is 33.1 Å². The molecule has 13 heavy (non-hydrogen) atoms. The first kappa shape index (κ1) is 9.44. The molecule has 1 N–H and O–H groups in total. The van der Waals surface area contributed by atoms with Crippen LogP contribution < -0.4 is 0 Å². The lowest BCUT2D eigenvalue weighted by atomic mass is 10.1. The van der Waals surface area contributed by atoms with E-state index in [9.17, 15) is 5.11 Å². The van der Waals surface area contributed by atoms with Gasteiger partial charge in [-0.15, -0.1) is 0 Å². The van der Waals surface area contributed by atoms with Gasteiger partial charge >= 0.3 is 0 Å². The minimum Gasteiger partial charge on any atom is -0.390 e. The van der Waals surface area contributed by atoms with Gasteiger partial charge in [0.1, 0.15) is 0 Å². The van der Waals surface area contributed by atoms with E-state index >= 15 is 0 Å². The van der Waals surface area contributed by atoms with Crippen molar-refractivity contribution in [2.75, 3.05) is 13.2 Å². The summed E-state index contributed by atoms with van der Waals surface area (Å²) in [6.45, 7) is 5.41. The molecule has 0 amide bonds. The van der Waals surface area contributed by atoms with Crippen molar-refractivity contribution in [2.45, 2.75) is 44.5 Å². The summed E-state index contributed by atoms with van der Waals surface area (Å²) in [5, 5.41) is 9.86. The summed E-state index contributed by atoms with van der Waals surface area (Å²) in [4.78, 5) is 0. The standard InChI is InChI=1S/C10H18O3/c1-8-7-10(8,11)4-3-9(2)12-5-6-13-9/h8,11H,3-7H2,1-2H3/t8-,10+/m0/s1. The molecular weight excluding hydrogens is 168 g/mol. The van der Waals surface area contributed by atoms with Crippen LogP contribution >= 0.6 is 0 Å². The highest BCUT2D eigenvalue weighted by Crippen LogP contribution is 2.47. The molecule has 0 aromatic rings. The van der Waals surface area contributed by atoms with Crippen molar-refractivity contribution in [2.24, 2.45) is 5.92 Å².